The molecule has 1 heterocycles. The van der Waals surface area contributed by atoms with Crippen molar-refractivity contribution in [3.63, 3.8) is 0 Å². The number of pyridine rings is 1. The van der Waals surface area contributed by atoms with Gasteiger partial charge in [-0.15, -0.1) is 0 Å². The Hall–Kier alpha value is -2.07. The maximum absolute atomic E-state index is 11.8. The van der Waals surface area contributed by atoms with Gasteiger partial charge in [-0.25, -0.2) is 4.98 Å². The fraction of sp³-hybridized carbons (Fsp3) is 0.200. The molecule has 0 bridgehead atoms. The van der Waals surface area contributed by atoms with Crippen LogP contribution in [-0.4, -0.2) is 24.0 Å². The average Bonchev–Trinajstić information content (AvgIpc) is 2.46. The Kier molecular flexibility index (Phi) is 4.96. The first-order valence-corrected chi connectivity index (χ1v) is 6.62. The molecule has 0 spiro atoms. The Morgan fingerprint density at radius 3 is 2.65 bits per heavy atom. The number of carbonyl (C=O) groups excluding carboxylic acids is 1. The molecule has 0 radical (unpaired) electrons. The van der Waals surface area contributed by atoms with E-state index in [0.29, 0.717) is 29.6 Å². The van der Waals surface area contributed by atoms with E-state index in [2.05, 4.69) is 10.3 Å². The van der Waals surface area contributed by atoms with E-state index in [1.165, 1.54) is 0 Å². The molecule has 20 heavy (non-hydrogen) atoms. The molecule has 4 nitrogen and oxygen atoms in total. The molecule has 0 unspecified atom stereocenters. The van der Waals surface area contributed by atoms with Crippen molar-refractivity contribution in [1.82, 2.24) is 10.3 Å². The van der Waals surface area contributed by atoms with E-state index in [9.17, 15) is 4.79 Å². The standard InChI is InChI=1S/C15H15ClN2O2/c1-11-2-7-14(18-10-11)20-9-8-17-15(19)12-3-5-13(16)6-4-12/h2-7,10H,8-9H2,1H3,(H,17,19). The van der Waals surface area contributed by atoms with Crippen LogP contribution < -0.4 is 10.1 Å². The summed E-state index contributed by atoms with van der Waals surface area (Å²) in [7, 11) is 0. The number of benzene rings is 1. The quantitative estimate of drug-likeness (QED) is 0.862. The normalized spacial score (nSPS) is 10.1. The van der Waals surface area contributed by atoms with Gasteiger partial charge in [-0.05, 0) is 36.8 Å². The molecule has 0 saturated heterocycles. The van der Waals surface area contributed by atoms with Crippen molar-refractivity contribution in [3.05, 3.63) is 58.7 Å². The Morgan fingerprint density at radius 1 is 1.25 bits per heavy atom. The maximum Gasteiger partial charge on any atom is 0.251 e. The van der Waals surface area contributed by atoms with E-state index in [0.717, 1.165) is 5.56 Å². The van der Waals surface area contributed by atoms with E-state index < -0.39 is 0 Å². The third-order valence-corrected chi connectivity index (χ3v) is 2.88. The summed E-state index contributed by atoms with van der Waals surface area (Å²) >= 11 is 5.76. The van der Waals surface area contributed by atoms with Gasteiger partial charge >= 0.3 is 0 Å². The topological polar surface area (TPSA) is 51.2 Å². The van der Waals surface area contributed by atoms with Gasteiger partial charge in [0.05, 0.1) is 6.54 Å². The number of halogens is 1. The van der Waals surface area contributed by atoms with E-state index >= 15 is 0 Å². The number of hydrogen-bond donors (Lipinski definition) is 1. The van der Waals surface area contributed by atoms with Gasteiger partial charge in [0.25, 0.3) is 5.91 Å². The zero-order chi connectivity index (χ0) is 14.4. The van der Waals surface area contributed by atoms with Gasteiger partial charge in [0.15, 0.2) is 0 Å². The first-order chi connectivity index (χ1) is 9.65. The SMILES string of the molecule is Cc1ccc(OCCNC(=O)c2ccc(Cl)cc2)nc1. The fourth-order valence-corrected chi connectivity index (χ4v) is 1.69. The zero-order valence-electron chi connectivity index (χ0n) is 11.1. The van der Waals surface area contributed by atoms with Crippen LogP contribution in [-0.2, 0) is 0 Å². The van der Waals surface area contributed by atoms with Crippen LogP contribution in [0.5, 0.6) is 5.88 Å². The molecule has 0 saturated carbocycles. The van der Waals surface area contributed by atoms with Gasteiger partial charge in [-0.2, -0.15) is 0 Å². The third-order valence-electron chi connectivity index (χ3n) is 2.63. The van der Waals surface area contributed by atoms with Crippen LogP contribution in [0.2, 0.25) is 5.02 Å². The van der Waals surface area contributed by atoms with Gasteiger partial charge in [-0.1, -0.05) is 17.7 Å². The molecule has 0 atom stereocenters. The van der Waals surface area contributed by atoms with Crippen molar-refractivity contribution in [1.29, 1.82) is 0 Å². The summed E-state index contributed by atoms with van der Waals surface area (Å²) in [6, 6.07) is 10.5. The van der Waals surface area contributed by atoms with Crippen LogP contribution in [0.25, 0.3) is 0 Å². The van der Waals surface area contributed by atoms with E-state index in [1.54, 1.807) is 36.5 Å². The maximum atomic E-state index is 11.8. The number of nitrogens with zero attached hydrogens (tertiary/aromatic N) is 1. The molecule has 0 aliphatic carbocycles. The van der Waals surface area contributed by atoms with Crippen LogP contribution in [0, 0.1) is 6.92 Å². The highest BCUT2D eigenvalue weighted by Crippen LogP contribution is 2.09. The van der Waals surface area contributed by atoms with Gasteiger partial charge in [-0.3, -0.25) is 4.79 Å². The summed E-state index contributed by atoms with van der Waals surface area (Å²) in [4.78, 5) is 15.9. The lowest BCUT2D eigenvalue weighted by Gasteiger charge is -2.07. The molecule has 0 aliphatic rings. The van der Waals surface area contributed by atoms with Gasteiger partial charge in [0.1, 0.15) is 6.61 Å². The number of aromatic nitrogens is 1. The van der Waals surface area contributed by atoms with Crippen LogP contribution in [0.1, 0.15) is 15.9 Å². The number of ether oxygens (including phenoxy) is 1. The fourth-order valence-electron chi connectivity index (χ4n) is 1.56. The van der Waals surface area contributed by atoms with Crippen LogP contribution >= 0.6 is 11.6 Å². The summed E-state index contributed by atoms with van der Waals surface area (Å²) in [5.74, 6) is 0.401. The molecule has 0 aliphatic heterocycles. The summed E-state index contributed by atoms with van der Waals surface area (Å²) in [6.07, 6.45) is 1.74. The van der Waals surface area contributed by atoms with Crippen LogP contribution in [0.3, 0.4) is 0 Å². The molecule has 1 aromatic carbocycles. The van der Waals surface area contributed by atoms with Gasteiger partial charge in [0.2, 0.25) is 5.88 Å². The Morgan fingerprint density at radius 2 is 2.00 bits per heavy atom. The lowest BCUT2D eigenvalue weighted by Crippen LogP contribution is -2.28. The largest absolute Gasteiger partial charge is 0.476 e. The highest BCUT2D eigenvalue weighted by atomic mass is 35.5. The molecule has 1 amide bonds. The van der Waals surface area contributed by atoms with E-state index in [-0.39, 0.29) is 5.91 Å². The number of rotatable bonds is 5. The Bertz CT molecular complexity index is 567. The summed E-state index contributed by atoms with van der Waals surface area (Å²) in [5, 5.41) is 3.37. The molecule has 2 rings (SSSR count). The van der Waals surface area contributed by atoms with Crippen molar-refractivity contribution in [2.24, 2.45) is 0 Å². The van der Waals surface area contributed by atoms with Gasteiger partial charge in [0, 0.05) is 22.8 Å². The van der Waals surface area contributed by atoms with Crippen molar-refractivity contribution in [2.75, 3.05) is 13.2 Å². The first kappa shape index (κ1) is 14.3. The Balaban J connectivity index is 1.74. The molecule has 2 aromatic rings. The van der Waals surface area contributed by atoms with Crippen molar-refractivity contribution < 1.29 is 9.53 Å². The number of amides is 1. The highest BCUT2D eigenvalue weighted by molar-refractivity contribution is 6.30. The molecular formula is C15H15ClN2O2. The summed E-state index contributed by atoms with van der Waals surface area (Å²) < 4.78 is 5.42. The van der Waals surface area contributed by atoms with Crippen molar-refractivity contribution in [2.45, 2.75) is 6.92 Å². The monoisotopic (exact) mass is 290 g/mol. The first-order valence-electron chi connectivity index (χ1n) is 6.24. The Labute approximate surface area is 122 Å². The van der Waals surface area contributed by atoms with Crippen molar-refractivity contribution in [3.8, 4) is 5.88 Å². The third kappa shape index (κ3) is 4.24. The molecular weight excluding hydrogens is 276 g/mol. The lowest BCUT2D eigenvalue weighted by molar-refractivity contribution is 0.0946. The molecule has 5 heteroatoms. The van der Waals surface area contributed by atoms with E-state index in [4.69, 9.17) is 16.3 Å². The number of carbonyl (C=O) groups is 1. The molecule has 1 aromatic heterocycles. The second-order valence-electron chi connectivity index (χ2n) is 4.29. The smallest absolute Gasteiger partial charge is 0.251 e. The minimum atomic E-state index is -0.151. The number of hydrogen-bond acceptors (Lipinski definition) is 3. The average molecular weight is 291 g/mol. The van der Waals surface area contributed by atoms with Crippen LogP contribution in [0.15, 0.2) is 42.6 Å². The predicted molar refractivity (Wildman–Crippen MR) is 78.3 cm³/mol. The van der Waals surface area contributed by atoms with Gasteiger partial charge < -0.3 is 10.1 Å². The number of aryl methyl sites for hydroxylation is 1. The second-order valence-corrected chi connectivity index (χ2v) is 4.72. The molecule has 0 fully saturated rings. The molecule has 104 valence electrons. The van der Waals surface area contributed by atoms with Crippen molar-refractivity contribution >= 4 is 17.5 Å². The minimum Gasteiger partial charge on any atom is -0.476 e. The lowest BCUT2D eigenvalue weighted by atomic mass is 10.2. The summed E-state index contributed by atoms with van der Waals surface area (Å²) in [6.45, 7) is 2.75. The molecule has 1 N–H and O–H groups in total. The predicted octanol–water partition coefficient (Wildman–Crippen LogP) is 2.85. The number of nitrogens with one attached hydrogen (secondary N) is 1. The second kappa shape index (κ2) is 6.91. The highest BCUT2D eigenvalue weighted by Gasteiger charge is 2.04. The summed E-state index contributed by atoms with van der Waals surface area (Å²) in [5.41, 5.74) is 1.65. The zero-order valence-corrected chi connectivity index (χ0v) is 11.9. The van der Waals surface area contributed by atoms with E-state index in [1.807, 2.05) is 13.0 Å². The minimum absolute atomic E-state index is 0.151. The van der Waals surface area contributed by atoms with Crippen LogP contribution in [0.4, 0.5) is 0 Å².